The smallest absolute Gasteiger partial charge is 0.128 e. The molecule has 0 saturated heterocycles. The molecule has 4 heteroatoms. The Morgan fingerprint density at radius 2 is 1.95 bits per heavy atom. The lowest BCUT2D eigenvalue weighted by Crippen LogP contribution is -2.59. The van der Waals surface area contributed by atoms with Gasteiger partial charge in [-0.3, -0.25) is 0 Å². The zero-order valence-corrected chi connectivity index (χ0v) is 12.4. The van der Waals surface area contributed by atoms with E-state index in [1.54, 1.807) is 7.11 Å². The van der Waals surface area contributed by atoms with Gasteiger partial charge in [-0.1, -0.05) is 25.5 Å². The summed E-state index contributed by atoms with van der Waals surface area (Å²) in [5.74, 6) is 0.891. The van der Waals surface area contributed by atoms with Gasteiger partial charge in [0.15, 0.2) is 0 Å². The van der Waals surface area contributed by atoms with Crippen LogP contribution in [0.2, 0.25) is 0 Å². The number of aryl methyl sites for hydroxylation is 1. The van der Waals surface area contributed by atoms with Crippen LogP contribution in [0.25, 0.3) is 0 Å². The first-order valence-electron chi connectivity index (χ1n) is 7.36. The summed E-state index contributed by atoms with van der Waals surface area (Å²) in [6.45, 7) is 3.33. The molecule has 1 aromatic rings. The summed E-state index contributed by atoms with van der Waals surface area (Å²) < 4.78 is 16.6. The van der Waals surface area contributed by atoms with Crippen LogP contribution < -0.4 is 10.5 Å². The van der Waals surface area contributed by atoms with E-state index < -0.39 is 0 Å². The largest absolute Gasteiger partial charge is 0.488 e. The van der Waals surface area contributed by atoms with Gasteiger partial charge in [0.2, 0.25) is 0 Å². The summed E-state index contributed by atoms with van der Waals surface area (Å²) in [6, 6.07) is 8.37. The molecule has 0 amide bonds. The van der Waals surface area contributed by atoms with Crippen molar-refractivity contribution in [2.75, 3.05) is 20.3 Å². The Morgan fingerprint density at radius 1 is 1.20 bits per heavy atom. The fourth-order valence-electron chi connectivity index (χ4n) is 2.43. The lowest BCUT2D eigenvalue weighted by atomic mass is 9.86. The molecular weight excluding hydrogens is 254 g/mol. The second-order valence-electron chi connectivity index (χ2n) is 5.28. The molecule has 0 spiro atoms. The van der Waals surface area contributed by atoms with Crippen molar-refractivity contribution in [2.24, 2.45) is 5.73 Å². The maximum Gasteiger partial charge on any atom is 0.128 e. The Bertz CT molecular complexity index is 393. The Labute approximate surface area is 121 Å². The second kappa shape index (κ2) is 7.62. The standard InChI is InChI=1S/C16H25NO3/c1-3-4-12-5-7-13(8-6-12)20-15-11-14(17)16(15)19-10-9-18-2/h5-8,14-16H,3-4,9-11,17H2,1-2H3. The van der Waals surface area contributed by atoms with E-state index in [0.717, 1.165) is 25.0 Å². The van der Waals surface area contributed by atoms with Gasteiger partial charge in [-0.25, -0.2) is 0 Å². The van der Waals surface area contributed by atoms with Crippen LogP contribution in [0, 0.1) is 0 Å². The third kappa shape index (κ3) is 3.95. The van der Waals surface area contributed by atoms with Gasteiger partial charge in [0.25, 0.3) is 0 Å². The highest BCUT2D eigenvalue weighted by molar-refractivity contribution is 5.28. The van der Waals surface area contributed by atoms with Gasteiger partial charge in [0.1, 0.15) is 18.0 Å². The molecule has 1 aliphatic carbocycles. The molecule has 1 aliphatic rings. The van der Waals surface area contributed by atoms with E-state index in [2.05, 4.69) is 19.1 Å². The topological polar surface area (TPSA) is 53.7 Å². The Balaban J connectivity index is 1.82. The van der Waals surface area contributed by atoms with Crippen LogP contribution in [-0.4, -0.2) is 38.6 Å². The van der Waals surface area contributed by atoms with Gasteiger partial charge in [0, 0.05) is 19.6 Å². The lowest BCUT2D eigenvalue weighted by Gasteiger charge is -2.41. The van der Waals surface area contributed by atoms with E-state index in [9.17, 15) is 0 Å². The monoisotopic (exact) mass is 279 g/mol. The maximum absolute atomic E-state index is 5.97. The van der Waals surface area contributed by atoms with E-state index in [0.29, 0.717) is 13.2 Å². The normalized spacial score (nSPS) is 25.2. The number of hydrogen-bond acceptors (Lipinski definition) is 4. The molecule has 0 radical (unpaired) electrons. The molecular formula is C16H25NO3. The van der Waals surface area contributed by atoms with E-state index >= 15 is 0 Å². The molecule has 4 nitrogen and oxygen atoms in total. The summed E-state index contributed by atoms with van der Waals surface area (Å²) >= 11 is 0. The zero-order chi connectivity index (χ0) is 14.4. The first-order valence-corrected chi connectivity index (χ1v) is 7.36. The lowest BCUT2D eigenvalue weighted by molar-refractivity contribution is -0.107. The average Bonchev–Trinajstić information content (AvgIpc) is 2.45. The van der Waals surface area contributed by atoms with Gasteiger partial charge in [-0.05, 0) is 24.1 Å². The molecule has 3 atom stereocenters. The van der Waals surface area contributed by atoms with Gasteiger partial charge in [-0.2, -0.15) is 0 Å². The van der Waals surface area contributed by atoms with Crippen LogP contribution >= 0.6 is 0 Å². The van der Waals surface area contributed by atoms with Crippen molar-refractivity contribution in [2.45, 2.75) is 44.4 Å². The molecule has 20 heavy (non-hydrogen) atoms. The fraction of sp³-hybridized carbons (Fsp3) is 0.625. The molecule has 0 aliphatic heterocycles. The summed E-state index contributed by atoms with van der Waals surface area (Å²) in [5.41, 5.74) is 7.31. The van der Waals surface area contributed by atoms with Crippen LogP contribution in [0.4, 0.5) is 0 Å². The molecule has 1 aromatic carbocycles. The molecule has 0 bridgehead atoms. The Morgan fingerprint density at radius 3 is 2.55 bits per heavy atom. The Kier molecular flexibility index (Phi) is 5.83. The van der Waals surface area contributed by atoms with Crippen molar-refractivity contribution < 1.29 is 14.2 Å². The quantitative estimate of drug-likeness (QED) is 0.741. The second-order valence-corrected chi connectivity index (χ2v) is 5.28. The minimum Gasteiger partial charge on any atom is -0.488 e. The van der Waals surface area contributed by atoms with E-state index in [-0.39, 0.29) is 18.2 Å². The van der Waals surface area contributed by atoms with Gasteiger partial charge < -0.3 is 19.9 Å². The van der Waals surface area contributed by atoms with E-state index in [1.165, 1.54) is 5.56 Å². The summed E-state index contributed by atoms with van der Waals surface area (Å²) in [5, 5.41) is 0. The van der Waals surface area contributed by atoms with Crippen molar-refractivity contribution in [3.63, 3.8) is 0 Å². The van der Waals surface area contributed by atoms with Gasteiger partial charge in [-0.15, -0.1) is 0 Å². The highest BCUT2D eigenvalue weighted by Crippen LogP contribution is 2.28. The molecule has 3 unspecified atom stereocenters. The molecule has 2 N–H and O–H groups in total. The highest BCUT2D eigenvalue weighted by atomic mass is 16.6. The summed E-state index contributed by atoms with van der Waals surface area (Å²) in [4.78, 5) is 0. The first-order chi connectivity index (χ1) is 9.74. The predicted molar refractivity (Wildman–Crippen MR) is 79.1 cm³/mol. The molecule has 112 valence electrons. The number of nitrogens with two attached hydrogens (primary N) is 1. The SMILES string of the molecule is CCCc1ccc(OC2CC(N)C2OCCOC)cc1. The predicted octanol–water partition coefficient (Wildman–Crippen LogP) is 2.15. The zero-order valence-electron chi connectivity index (χ0n) is 12.4. The van der Waals surface area contributed by atoms with Crippen molar-refractivity contribution in [1.29, 1.82) is 0 Å². The number of methoxy groups -OCH3 is 1. The third-order valence-corrected chi connectivity index (χ3v) is 3.64. The van der Waals surface area contributed by atoms with Gasteiger partial charge in [0.05, 0.1) is 13.2 Å². The molecule has 0 aromatic heterocycles. The summed E-state index contributed by atoms with van der Waals surface area (Å²) in [6.07, 6.45) is 3.14. The van der Waals surface area contributed by atoms with Crippen molar-refractivity contribution >= 4 is 0 Å². The number of hydrogen-bond donors (Lipinski definition) is 1. The summed E-state index contributed by atoms with van der Waals surface area (Å²) in [7, 11) is 1.66. The van der Waals surface area contributed by atoms with Crippen LogP contribution in [-0.2, 0) is 15.9 Å². The fourth-order valence-corrected chi connectivity index (χ4v) is 2.43. The average molecular weight is 279 g/mol. The minimum atomic E-state index is -0.0273. The van der Waals surface area contributed by atoms with Crippen LogP contribution in [0.3, 0.4) is 0 Å². The van der Waals surface area contributed by atoms with Crippen molar-refractivity contribution in [1.82, 2.24) is 0 Å². The molecule has 2 rings (SSSR count). The van der Waals surface area contributed by atoms with Gasteiger partial charge >= 0.3 is 0 Å². The number of rotatable bonds is 8. The number of benzene rings is 1. The van der Waals surface area contributed by atoms with Crippen LogP contribution in [0.5, 0.6) is 5.75 Å². The number of ether oxygens (including phenoxy) is 3. The molecule has 1 fully saturated rings. The minimum absolute atomic E-state index is 0.0273. The molecule has 1 saturated carbocycles. The Hall–Kier alpha value is -1.10. The van der Waals surface area contributed by atoms with E-state index in [4.69, 9.17) is 19.9 Å². The van der Waals surface area contributed by atoms with Crippen molar-refractivity contribution in [3.8, 4) is 5.75 Å². The third-order valence-electron chi connectivity index (χ3n) is 3.64. The highest BCUT2D eigenvalue weighted by Gasteiger charge is 2.41. The van der Waals surface area contributed by atoms with Crippen molar-refractivity contribution in [3.05, 3.63) is 29.8 Å². The molecule has 0 heterocycles. The van der Waals surface area contributed by atoms with Crippen LogP contribution in [0.15, 0.2) is 24.3 Å². The van der Waals surface area contributed by atoms with E-state index in [1.807, 2.05) is 12.1 Å². The van der Waals surface area contributed by atoms with Crippen LogP contribution in [0.1, 0.15) is 25.3 Å². The maximum atomic E-state index is 5.97. The first kappa shape index (κ1) is 15.3.